The van der Waals surface area contributed by atoms with Gasteiger partial charge in [0, 0.05) is 6.42 Å². The maximum absolute atomic E-state index is 5.73. The quantitative estimate of drug-likeness (QED) is 0.633. The Labute approximate surface area is 127 Å². The van der Waals surface area contributed by atoms with Crippen LogP contribution in [0.3, 0.4) is 0 Å². The standard InChI is InChI=1S/C14H12Br2OS/c1-8-4-10-5-9(2-3-12(10)17-8)14(16)11-6-13(15)18-7-11/h2-3,5-8,14H,4H2,1H3. The Morgan fingerprint density at radius 1 is 1.33 bits per heavy atom. The molecule has 18 heavy (non-hydrogen) atoms. The van der Waals surface area contributed by atoms with Crippen LogP contribution in [-0.2, 0) is 6.42 Å². The van der Waals surface area contributed by atoms with Crippen molar-refractivity contribution in [3.63, 3.8) is 0 Å². The molecule has 2 heterocycles. The summed E-state index contributed by atoms with van der Waals surface area (Å²) >= 11 is 9.00. The molecule has 0 saturated heterocycles. The highest BCUT2D eigenvalue weighted by Crippen LogP contribution is 2.38. The molecule has 0 aliphatic carbocycles. The van der Waals surface area contributed by atoms with Gasteiger partial charge in [-0.15, -0.1) is 11.3 Å². The zero-order valence-corrected chi connectivity index (χ0v) is 13.8. The highest BCUT2D eigenvalue weighted by atomic mass is 79.9. The fourth-order valence-corrected chi connectivity index (χ4v) is 4.17. The lowest BCUT2D eigenvalue weighted by molar-refractivity contribution is 0.254. The summed E-state index contributed by atoms with van der Waals surface area (Å²) in [6.07, 6.45) is 1.32. The Bertz CT molecular complexity index is 579. The highest BCUT2D eigenvalue weighted by Gasteiger charge is 2.21. The SMILES string of the molecule is CC1Cc2cc(C(Br)c3csc(Br)c3)ccc2O1. The summed E-state index contributed by atoms with van der Waals surface area (Å²) in [7, 11) is 0. The maximum atomic E-state index is 5.73. The van der Waals surface area contributed by atoms with E-state index in [1.807, 2.05) is 0 Å². The molecule has 0 amide bonds. The molecule has 0 bridgehead atoms. The first kappa shape index (κ1) is 12.7. The third kappa shape index (κ3) is 2.38. The van der Waals surface area contributed by atoms with Crippen molar-refractivity contribution in [2.45, 2.75) is 24.3 Å². The third-order valence-electron chi connectivity index (χ3n) is 3.09. The number of thiophene rings is 1. The molecule has 1 aromatic carbocycles. The van der Waals surface area contributed by atoms with E-state index in [1.165, 1.54) is 20.5 Å². The largest absolute Gasteiger partial charge is 0.490 e. The van der Waals surface area contributed by atoms with Gasteiger partial charge in [0.05, 0.1) is 8.61 Å². The van der Waals surface area contributed by atoms with Crippen molar-refractivity contribution < 1.29 is 4.74 Å². The zero-order chi connectivity index (χ0) is 12.7. The summed E-state index contributed by atoms with van der Waals surface area (Å²) in [4.78, 5) is 0.251. The number of ether oxygens (including phenoxy) is 1. The van der Waals surface area contributed by atoms with Crippen molar-refractivity contribution in [1.29, 1.82) is 0 Å². The van der Waals surface area contributed by atoms with Crippen LogP contribution >= 0.6 is 43.2 Å². The molecule has 0 N–H and O–H groups in total. The number of hydrogen-bond acceptors (Lipinski definition) is 2. The molecule has 1 nitrogen and oxygen atoms in total. The van der Waals surface area contributed by atoms with Gasteiger partial charge >= 0.3 is 0 Å². The lowest BCUT2D eigenvalue weighted by Crippen LogP contribution is -2.05. The van der Waals surface area contributed by atoms with Crippen molar-refractivity contribution in [3.05, 3.63) is 50.1 Å². The fraction of sp³-hybridized carbons (Fsp3) is 0.286. The van der Waals surface area contributed by atoms with E-state index in [9.17, 15) is 0 Å². The van der Waals surface area contributed by atoms with Crippen LogP contribution in [0.4, 0.5) is 0 Å². The lowest BCUT2D eigenvalue weighted by atomic mass is 10.0. The number of rotatable bonds is 2. The Hall–Kier alpha value is -0.320. The normalized spacial score (nSPS) is 19.4. The number of alkyl halides is 1. The second-order valence-electron chi connectivity index (χ2n) is 4.55. The van der Waals surface area contributed by atoms with Gasteiger partial charge in [-0.25, -0.2) is 0 Å². The number of benzene rings is 1. The lowest BCUT2D eigenvalue weighted by Gasteiger charge is -2.10. The predicted octanol–water partition coefficient (Wildman–Crippen LogP) is 5.32. The summed E-state index contributed by atoms with van der Waals surface area (Å²) in [6.45, 7) is 2.11. The molecule has 2 aromatic rings. The number of fused-ring (bicyclic) bond motifs is 1. The molecule has 1 aromatic heterocycles. The van der Waals surface area contributed by atoms with Gasteiger partial charge in [0.2, 0.25) is 0 Å². The molecule has 1 aliphatic rings. The second-order valence-corrected chi connectivity index (χ2v) is 7.75. The smallest absolute Gasteiger partial charge is 0.123 e. The Morgan fingerprint density at radius 3 is 2.89 bits per heavy atom. The van der Waals surface area contributed by atoms with Crippen LogP contribution in [0.2, 0.25) is 0 Å². The first-order valence-electron chi connectivity index (χ1n) is 5.81. The molecule has 3 rings (SSSR count). The molecule has 94 valence electrons. The Balaban J connectivity index is 1.91. The number of halogens is 2. The summed E-state index contributed by atoms with van der Waals surface area (Å²) in [5, 5.41) is 2.18. The van der Waals surface area contributed by atoms with Crippen molar-refractivity contribution in [1.82, 2.24) is 0 Å². The van der Waals surface area contributed by atoms with Gasteiger partial charge in [0.1, 0.15) is 11.9 Å². The molecular weight excluding hydrogens is 376 g/mol. The Morgan fingerprint density at radius 2 is 2.17 bits per heavy atom. The van der Waals surface area contributed by atoms with Crippen molar-refractivity contribution in [2.75, 3.05) is 0 Å². The van der Waals surface area contributed by atoms with E-state index in [1.54, 1.807) is 11.3 Å². The van der Waals surface area contributed by atoms with Crippen molar-refractivity contribution in [3.8, 4) is 5.75 Å². The monoisotopic (exact) mass is 386 g/mol. The molecule has 2 unspecified atom stereocenters. The van der Waals surface area contributed by atoms with Gasteiger partial charge in [0.15, 0.2) is 0 Å². The average Bonchev–Trinajstić information content (AvgIpc) is 2.92. The fourth-order valence-electron chi connectivity index (χ4n) is 2.25. The first-order valence-corrected chi connectivity index (χ1v) is 8.40. The van der Waals surface area contributed by atoms with E-state index >= 15 is 0 Å². The van der Waals surface area contributed by atoms with Crippen LogP contribution in [0.15, 0.2) is 33.4 Å². The minimum absolute atomic E-state index is 0.251. The molecule has 0 fully saturated rings. The molecule has 0 spiro atoms. The second kappa shape index (κ2) is 4.99. The van der Waals surface area contributed by atoms with Gasteiger partial charge < -0.3 is 4.74 Å². The minimum Gasteiger partial charge on any atom is -0.490 e. The van der Waals surface area contributed by atoms with E-state index in [0.717, 1.165) is 12.2 Å². The summed E-state index contributed by atoms with van der Waals surface area (Å²) < 4.78 is 6.90. The average molecular weight is 388 g/mol. The van der Waals surface area contributed by atoms with Crippen LogP contribution in [0.25, 0.3) is 0 Å². The predicted molar refractivity (Wildman–Crippen MR) is 83.0 cm³/mol. The minimum atomic E-state index is 0.251. The molecule has 1 aliphatic heterocycles. The van der Waals surface area contributed by atoms with Gasteiger partial charge in [-0.1, -0.05) is 28.1 Å². The summed E-state index contributed by atoms with van der Waals surface area (Å²) in [6, 6.07) is 8.64. The van der Waals surface area contributed by atoms with Crippen LogP contribution in [0, 0.1) is 0 Å². The van der Waals surface area contributed by atoms with E-state index in [-0.39, 0.29) is 4.83 Å². The summed E-state index contributed by atoms with van der Waals surface area (Å²) in [5.74, 6) is 1.04. The van der Waals surface area contributed by atoms with Crippen molar-refractivity contribution >= 4 is 43.2 Å². The van der Waals surface area contributed by atoms with Crippen LogP contribution < -0.4 is 4.74 Å². The van der Waals surface area contributed by atoms with E-state index in [2.05, 4.69) is 68.4 Å². The van der Waals surface area contributed by atoms with E-state index < -0.39 is 0 Å². The molecule has 4 heteroatoms. The third-order valence-corrected chi connectivity index (χ3v) is 5.67. The van der Waals surface area contributed by atoms with Gasteiger partial charge in [-0.3, -0.25) is 0 Å². The van der Waals surface area contributed by atoms with Crippen LogP contribution in [-0.4, -0.2) is 6.10 Å². The topological polar surface area (TPSA) is 9.23 Å². The van der Waals surface area contributed by atoms with Crippen LogP contribution in [0.5, 0.6) is 5.75 Å². The van der Waals surface area contributed by atoms with Gasteiger partial charge in [-0.2, -0.15) is 0 Å². The maximum Gasteiger partial charge on any atom is 0.123 e. The van der Waals surface area contributed by atoms with E-state index in [0.29, 0.717) is 6.10 Å². The van der Waals surface area contributed by atoms with Crippen LogP contribution in [0.1, 0.15) is 28.4 Å². The van der Waals surface area contributed by atoms with Gasteiger partial charge in [0.25, 0.3) is 0 Å². The molecular formula is C14H12Br2OS. The zero-order valence-electron chi connectivity index (χ0n) is 9.82. The molecule has 0 radical (unpaired) electrons. The highest BCUT2D eigenvalue weighted by molar-refractivity contribution is 9.11. The summed E-state index contributed by atoms with van der Waals surface area (Å²) in [5.41, 5.74) is 3.90. The van der Waals surface area contributed by atoms with Gasteiger partial charge in [-0.05, 0) is 57.1 Å². The van der Waals surface area contributed by atoms with E-state index in [4.69, 9.17) is 4.74 Å². The molecule has 2 atom stereocenters. The molecule has 0 saturated carbocycles. The van der Waals surface area contributed by atoms with Crippen molar-refractivity contribution in [2.24, 2.45) is 0 Å². The first-order chi connectivity index (χ1) is 8.63. The number of hydrogen-bond donors (Lipinski definition) is 0. The Kier molecular flexibility index (Phi) is 3.52.